The maximum Gasteiger partial charge on any atom is 0.219 e. The van der Waals surface area contributed by atoms with Gasteiger partial charge in [-0.25, -0.2) is 4.98 Å². The van der Waals surface area contributed by atoms with Gasteiger partial charge in [0.2, 0.25) is 11.8 Å². The summed E-state index contributed by atoms with van der Waals surface area (Å²) in [7, 11) is 3.24. The Morgan fingerprint density at radius 1 is 1.16 bits per heavy atom. The number of fused-ring (bicyclic) bond motifs is 1. The quantitative estimate of drug-likeness (QED) is 0.297. The first-order valence-electron chi connectivity index (χ1n) is 12.1. The Bertz CT molecular complexity index is 1090. The molecule has 8 nitrogen and oxygen atoms in total. The van der Waals surface area contributed by atoms with Crippen LogP contribution in [0.4, 0.5) is 5.69 Å². The van der Waals surface area contributed by atoms with Crippen LogP contribution >= 0.6 is 23.2 Å². The third-order valence-corrected chi connectivity index (χ3v) is 5.92. The van der Waals surface area contributed by atoms with Crippen LogP contribution in [-0.2, 0) is 4.79 Å². The molecule has 10 heteroatoms. The fourth-order valence-electron chi connectivity index (χ4n) is 4.01. The number of piperidine rings is 1. The number of amides is 1. The van der Waals surface area contributed by atoms with Crippen LogP contribution in [0.25, 0.3) is 11.0 Å². The lowest BCUT2D eigenvalue weighted by atomic mass is 9.85. The van der Waals surface area contributed by atoms with Gasteiger partial charge in [-0.1, -0.05) is 31.5 Å². The number of rotatable bonds is 5. The van der Waals surface area contributed by atoms with Crippen LogP contribution in [0, 0.1) is 5.92 Å². The summed E-state index contributed by atoms with van der Waals surface area (Å²) in [5.74, 6) is 1.05. The number of methoxy groups -OCH3 is 1. The zero-order valence-electron chi connectivity index (χ0n) is 22.5. The molecule has 1 fully saturated rings. The molecule has 0 radical (unpaired) electrons. The molecule has 3 heterocycles. The third kappa shape index (κ3) is 9.44. The van der Waals surface area contributed by atoms with E-state index in [2.05, 4.69) is 43.6 Å². The topological polar surface area (TPSA) is 92.6 Å². The lowest BCUT2D eigenvalue weighted by molar-refractivity contribution is -0.130. The molecule has 1 saturated heterocycles. The minimum atomic E-state index is 0.0164. The van der Waals surface area contributed by atoms with E-state index in [1.807, 2.05) is 49.2 Å². The summed E-state index contributed by atoms with van der Waals surface area (Å²) in [6, 6.07) is 7.76. The van der Waals surface area contributed by atoms with E-state index in [0.717, 1.165) is 42.7 Å². The second-order valence-electron chi connectivity index (χ2n) is 7.80. The molecule has 1 aromatic carbocycles. The van der Waals surface area contributed by atoms with Gasteiger partial charge in [-0.05, 0) is 43.2 Å². The molecule has 4 rings (SSSR count). The van der Waals surface area contributed by atoms with Crippen molar-refractivity contribution >= 4 is 52.5 Å². The number of nitrogens with one attached hydrogen (secondary N) is 1. The molecule has 1 amide bonds. The Morgan fingerprint density at radius 2 is 1.78 bits per heavy atom. The molecule has 1 aliphatic heterocycles. The summed E-state index contributed by atoms with van der Waals surface area (Å²) < 4.78 is 5.21. The summed E-state index contributed by atoms with van der Waals surface area (Å²) in [4.78, 5) is 30.0. The largest absolute Gasteiger partial charge is 0.481 e. The van der Waals surface area contributed by atoms with Crippen molar-refractivity contribution in [2.45, 2.75) is 39.7 Å². The van der Waals surface area contributed by atoms with E-state index in [1.165, 1.54) is 6.38 Å². The lowest BCUT2D eigenvalue weighted by Crippen LogP contribution is -2.39. The predicted octanol–water partition coefficient (Wildman–Crippen LogP) is 6.30. The average molecular weight is 550 g/mol. The highest BCUT2D eigenvalue weighted by atomic mass is 35.5. The number of pyridine rings is 1. The SMILES string of the molecule is C=NC.CC.CCl.COc1ccc(C(Nc2cc(Cl)c3nccnc3c2)C2CCN(C(C)=O)CC2)cn1. The van der Waals surface area contributed by atoms with Gasteiger partial charge in [0.1, 0.15) is 5.52 Å². The van der Waals surface area contributed by atoms with Crippen LogP contribution < -0.4 is 10.1 Å². The molecule has 2 aromatic heterocycles. The maximum atomic E-state index is 11.7. The van der Waals surface area contributed by atoms with Crippen LogP contribution in [-0.4, -0.2) is 66.1 Å². The number of hydrogen-bond acceptors (Lipinski definition) is 7. The van der Waals surface area contributed by atoms with E-state index in [9.17, 15) is 4.79 Å². The van der Waals surface area contributed by atoms with Gasteiger partial charge in [0.25, 0.3) is 0 Å². The van der Waals surface area contributed by atoms with E-state index < -0.39 is 0 Å². The number of likely N-dealkylation sites (tertiary alicyclic amines) is 1. The highest BCUT2D eigenvalue weighted by Crippen LogP contribution is 2.35. The molecule has 0 aliphatic carbocycles. The number of carbonyl (C=O) groups excluding carboxylic acids is 1. The number of nitrogens with zero attached hydrogens (tertiary/aromatic N) is 5. The molecule has 0 bridgehead atoms. The molecule has 1 atom stereocenters. The third-order valence-electron chi connectivity index (χ3n) is 5.63. The lowest BCUT2D eigenvalue weighted by Gasteiger charge is -2.36. The monoisotopic (exact) mass is 548 g/mol. The van der Waals surface area contributed by atoms with Crippen molar-refractivity contribution in [3.05, 3.63) is 53.4 Å². The van der Waals surface area contributed by atoms with Gasteiger partial charge >= 0.3 is 0 Å². The van der Waals surface area contributed by atoms with E-state index in [1.54, 1.807) is 33.5 Å². The van der Waals surface area contributed by atoms with Crippen molar-refractivity contribution in [3.63, 3.8) is 0 Å². The van der Waals surface area contributed by atoms with Crippen LogP contribution in [0.3, 0.4) is 0 Å². The number of aromatic nitrogens is 3. The average Bonchev–Trinajstić information content (AvgIpc) is 2.94. The Kier molecular flexibility index (Phi) is 15.1. The van der Waals surface area contributed by atoms with Crippen LogP contribution in [0.1, 0.15) is 45.2 Å². The molecule has 37 heavy (non-hydrogen) atoms. The molecule has 1 unspecified atom stereocenters. The number of carbonyl (C=O) groups is 1. The minimum absolute atomic E-state index is 0.0164. The number of alkyl halides is 1. The fraction of sp³-hybridized carbons (Fsp3) is 0.444. The first-order valence-corrected chi connectivity index (χ1v) is 13.2. The van der Waals surface area contributed by atoms with Crippen molar-refractivity contribution < 1.29 is 9.53 Å². The van der Waals surface area contributed by atoms with Crippen molar-refractivity contribution in [2.24, 2.45) is 10.9 Å². The van der Waals surface area contributed by atoms with Gasteiger partial charge in [0.05, 0.1) is 23.7 Å². The number of ether oxygens (including phenoxy) is 1. The molecule has 1 N–H and O–H groups in total. The van der Waals surface area contributed by atoms with Crippen molar-refractivity contribution in [2.75, 3.05) is 38.9 Å². The summed E-state index contributed by atoms with van der Waals surface area (Å²) in [6.45, 7) is 10.2. The maximum absolute atomic E-state index is 11.7. The van der Waals surface area contributed by atoms with Gasteiger partial charge in [-0.2, -0.15) is 0 Å². The number of anilines is 1. The molecule has 3 aromatic rings. The summed E-state index contributed by atoms with van der Waals surface area (Å²) in [5, 5.41) is 4.20. The Labute approximate surface area is 230 Å². The molecule has 202 valence electrons. The van der Waals surface area contributed by atoms with Gasteiger partial charge in [-0.15, -0.1) is 11.6 Å². The van der Waals surface area contributed by atoms with E-state index in [-0.39, 0.29) is 11.9 Å². The second-order valence-corrected chi connectivity index (χ2v) is 8.20. The number of halogens is 2. The molecular weight excluding hydrogens is 511 g/mol. The number of hydrogen-bond donors (Lipinski definition) is 1. The number of aliphatic imine (C=N–C) groups is 1. The standard InChI is InChI=1S/C22H24ClN5O2.C2H5N.C2H6.CH3Cl/c1-14(29)28-9-5-15(6-10-28)21(16-3-4-20(30-2)26-13-16)27-17-11-18(23)22-19(12-17)24-7-8-25-22;1-3-2;2*1-2/h3-4,7-8,11-13,15,21,27H,5-6,9-10H2,1-2H3;1H2,2H3;1-2H3;1H3. The van der Waals surface area contributed by atoms with E-state index in [0.29, 0.717) is 22.3 Å². The summed E-state index contributed by atoms with van der Waals surface area (Å²) in [6.07, 6.45) is 8.42. The van der Waals surface area contributed by atoms with Crippen LogP contribution in [0.2, 0.25) is 5.02 Å². The molecule has 0 spiro atoms. The summed E-state index contributed by atoms with van der Waals surface area (Å²) >= 11 is 11.1. The fourth-order valence-corrected chi connectivity index (χ4v) is 4.28. The Hall–Kier alpha value is -2.97. The van der Waals surface area contributed by atoms with Crippen LogP contribution in [0.15, 0.2) is 47.8 Å². The molecule has 1 aliphatic rings. The summed E-state index contributed by atoms with van der Waals surface area (Å²) in [5.41, 5.74) is 3.36. The van der Waals surface area contributed by atoms with E-state index in [4.69, 9.17) is 16.3 Å². The Balaban J connectivity index is 0.000000894. The Morgan fingerprint density at radius 3 is 2.32 bits per heavy atom. The van der Waals surface area contributed by atoms with Gasteiger partial charge in [0.15, 0.2) is 0 Å². The smallest absolute Gasteiger partial charge is 0.219 e. The molecule has 0 saturated carbocycles. The highest BCUT2D eigenvalue weighted by Gasteiger charge is 2.29. The second kappa shape index (κ2) is 17.5. The van der Waals surface area contributed by atoms with Crippen molar-refractivity contribution in [1.29, 1.82) is 0 Å². The predicted molar refractivity (Wildman–Crippen MR) is 155 cm³/mol. The van der Waals surface area contributed by atoms with E-state index >= 15 is 0 Å². The van der Waals surface area contributed by atoms with Crippen molar-refractivity contribution in [1.82, 2.24) is 19.9 Å². The van der Waals surface area contributed by atoms with Gasteiger partial charge in [-0.3, -0.25) is 14.8 Å². The van der Waals surface area contributed by atoms with Crippen LogP contribution in [0.5, 0.6) is 5.88 Å². The van der Waals surface area contributed by atoms with Crippen molar-refractivity contribution in [3.8, 4) is 5.88 Å². The van der Waals surface area contributed by atoms with Gasteiger partial charge in [0, 0.05) is 63.8 Å². The van der Waals surface area contributed by atoms with Gasteiger partial charge < -0.3 is 19.9 Å². The first kappa shape index (κ1) is 32.1. The first-order chi connectivity index (χ1) is 18.0. The zero-order valence-corrected chi connectivity index (χ0v) is 24.1. The molecular formula is C27H38Cl2N6O2. The zero-order chi connectivity index (χ0) is 27.8. The minimum Gasteiger partial charge on any atom is -0.481 e. The highest BCUT2D eigenvalue weighted by molar-refractivity contribution is 6.35. The number of benzene rings is 1. The normalized spacial score (nSPS) is 13.5.